The quantitative estimate of drug-likeness (QED) is 0.00887. The number of hydrogen-bond acceptors (Lipinski definition) is 18. The number of thiol groups is 2. The Morgan fingerprint density at radius 3 is 1.25 bits per heavy atom. The molecule has 14 nitrogen and oxygen atoms in total. The maximum Gasteiger partial charge on any atom is 0.303 e. The van der Waals surface area contributed by atoms with Gasteiger partial charge < -0.3 is 51.1 Å². The van der Waals surface area contributed by atoms with Crippen molar-refractivity contribution in [2.75, 3.05) is 120 Å². The number of carboxylic acids is 4. The van der Waals surface area contributed by atoms with Crippen molar-refractivity contribution in [1.29, 1.82) is 0 Å². The highest BCUT2D eigenvalue weighted by Crippen LogP contribution is 2.57. The Morgan fingerprint density at radius 2 is 0.889 bits per heavy atom. The van der Waals surface area contributed by atoms with Gasteiger partial charge in [-0.3, -0.25) is 19.2 Å². The fraction of sp³-hybridized carbons (Fsp3) is 0.925. The van der Waals surface area contributed by atoms with Crippen LogP contribution in [0.3, 0.4) is 0 Å². The van der Waals surface area contributed by atoms with Gasteiger partial charge in [0.2, 0.25) is 0 Å². The first kappa shape index (κ1) is 90.5. The molecule has 1 aliphatic rings. The predicted molar refractivity (Wildman–Crippen MR) is 387 cm³/mol. The van der Waals surface area contributed by atoms with E-state index >= 15 is 0 Å². The van der Waals surface area contributed by atoms with Crippen LogP contribution in [-0.2, 0) is 19.2 Å². The number of hydrogen-bond donors (Lipinski definition) is 12. The standard InChI is InChI=1S/C20H43O8P2S2.C14H30O2P2S2.C8H14O2S2.C8H16O2S2.C3H8BrP/c21-13-29(14-22,15-23)8-3-10-31-12-7-19(5-1-2-6-20(27)28)32-11-4-9-30(16-24,17-25)18-26;15-14(16)6-2-1-5-13(20-11-4-9-18)7-12-19-10-3-8-17;9-8(10)4-2-1-3-7-5-6-11-12-7;9-8(10)4-2-1-3-7(12)5-6-11;4-2-1-3-5/h19,21-26H,1-18H2;13H,1-12,17-18H2,(H,15,16);7H,1-6H2,(H,9,10);7,11-12H,1-6H2,(H,9,10);1-3,5H2/q+1;;;;/p+1. The molecule has 486 valence electrons. The van der Waals surface area contributed by atoms with Gasteiger partial charge in [0.05, 0.1) is 26.8 Å². The molecular weight excluding hydrogens is 1350 g/mol. The van der Waals surface area contributed by atoms with E-state index in [0.29, 0.717) is 42.1 Å². The molecule has 1 rings (SSSR count). The van der Waals surface area contributed by atoms with Crippen molar-refractivity contribution in [1.82, 2.24) is 0 Å². The van der Waals surface area contributed by atoms with Gasteiger partial charge in [-0.1, -0.05) is 63.2 Å². The number of carbonyl (C=O) groups is 4. The molecule has 1 fully saturated rings. The Kier molecular flexibility index (Phi) is 77.0. The van der Waals surface area contributed by atoms with Crippen LogP contribution in [0.2, 0.25) is 0 Å². The minimum Gasteiger partial charge on any atom is -0.481 e. The molecule has 0 aromatic rings. The van der Waals surface area contributed by atoms with Gasteiger partial charge in [-0.15, -0.1) is 27.7 Å². The van der Waals surface area contributed by atoms with Crippen molar-refractivity contribution >= 4 is 176 Å². The second-order valence-electron chi connectivity index (χ2n) is 19.6. The number of aliphatic hydroxyl groups is 6. The number of aliphatic carboxylic acids is 4. The Labute approximate surface area is 543 Å². The first-order valence-electron chi connectivity index (χ1n) is 28.8. The number of rotatable bonds is 52. The van der Waals surface area contributed by atoms with Gasteiger partial charge in [0.1, 0.15) is 0 Å². The molecular formula is C53H112BrO14P5S8+2. The summed E-state index contributed by atoms with van der Waals surface area (Å²) in [5, 5.41) is 94.5. The lowest BCUT2D eigenvalue weighted by atomic mass is 10.1. The minimum atomic E-state index is -2.06. The molecule has 0 spiro atoms. The molecule has 0 aromatic heterocycles. The summed E-state index contributed by atoms with van der Waals surface area (Å²) in [6.07, 6.45) is 26.8. The van der Waals surface area contributed by atoms with E-state index in [9.17, 15) is 49.8 Å². The Hall–Kier alpha value is 3.07. The number of aliphatic hydroxyl groups excluding tert-OH is 6. The lowest BCUT2D eigenvalue weighted by Crippen LogP contribution is -2.13. The molecule has 0 amide bonds. The Morgan fingerprint density at radius 1 is 0.506 bits per heavy atom. The highest BCUT2D eigenvalue weighted by molar-refractivity contribution is 9.09. The third kappa shape index (κ3) is 65.8. The third-order valence-electron chi connectivity index (χ3n) is 12.4. The van der Waals surface area contributed by atoms with Crippen LogP contribution in [0.25, 0.3) is 0 Å². The molecule has 1 aliphatic heterocycles. The van der Waals surface area contributed by atoms with Crippen LogP contribution in [0.1, 0.15) is 161 Å². The maximum absolute atomic E-state index is 10.7. The Bertz CT molecular complexity index is 1380. The van der Waals surface area contributed by atoms with E-state index in [1.807, 2.05) is 45.1 Å². The zero-order chi connectivity index (χ0) is 61.7. The molecule has 0 saturated carbocycles. The summed E-state index contributed by atoms with van der Waals surface area (Å²) in [4.78, 5) is 41.6. The first-order chi connectivity index (χ1) is 38.9. The average Bonchev–Trinajstić information content (AvgIpc) is 3.98. The molecule has 81 heavy (non-hydrogen) atoms. The third-order valence-corrected chi connectivity index (χ3v) is 29.3. The van der Waals surface area contributed by atoms with Crippen LogP contribution in [0.4, 0.5) is 0 Å². The fourth-order valence-corrected chi connectivity index (χ4v) is 21.5. The molecule has 10 N–H and O–H groups in total. The van der Waals surface area contributed by atoms with Gasteiger partial charge in [-0.2, -0.15) is 72.3 Å². The number of alkyl halides is 1. The van der Waals surface area contributed by atoms with E-state index in [-0.39, 0.29) is 50.9 Å². The van der Waals surface area contributed by atoms with Gasteiger partial charge >= 0.3 is 23.9 Å². The van der Waals surface area contributed by atoms with E-state index in [1.165, 1.54) is 86.4 Å². The monoisotopic (exact) mass is 1460 g/mol. The van der Waals surface area contributed by atoms with Gasteiger partial charge in [0.15, 0.2) is 38.1 Å². The van der Waals surface area contributed by atoms with E-state index in [2.05, 4.69) is 92.4 Å². The molecule has 0 radical (unpaired) electrons. The molecule has 0 aliphatic carbocycles. The SMILES string of the molecule is O=C(O)CCCCC(CCSCCCP)SCCCP.O=C(O)CCCCC(CCSCCC[P+](CO)(CO)CO)SCCC[P+](CO)(CO)CO.O=C(O)CCCCC(S)CCS.O=C(O)CCCCC1CCSS1.PCCCBr. The number of halogens is 1. The van der Waals surface area contributed by atoms with E-state index in [1.54, 1.807) is 0 Å². The van der Waals surface area contributed by atoms with Gasteiger partial charge in [-0.05, 0) is 168 Å². The van der Waals surface area contributed by atoms with Crippen molar-refractivity contribution in [3.8, 4) is 0 Å². The molecule has 0 bridgehead atoms. The Balaban J connectivity index is -0.000000512. The van der Waals surface area contributed by atoms with Crippen LogP contribution < -0.4 is 0 Å². The maximum atomic E-state index is 10.7. The fourth-order valence-electron chi connectivity index (χ4n) is 7.15. The number of unbranched alkanes of at least 4 members (excludes halogenated alkanes) is 4. The second-order valence-corrected chi connectivity index (χ2v) is 39.4. The summed E-state index contributed by atoms with van der Waals surface area (Å²) in [5.41, 5.74) is 0. The summed E-state index contributed by atoms with van der Waals surface area (Å²) in [6.45, 7) is 0. The lowest BCUT2D eigenvalue weighted by Gasteiger charge is -2.21. The summed E-state index contributed by atoms with van der Waals surface area (Å²) in [5.74, 6) is 5.85. The lowest BCUT2D eigenvalue weighted by molar-refractivity contribution is -0.138. The number of carboxylic acid groups (broad SMARTS) is 4. The molecule has 28 heteroatoms. The van der Waals surface area contributed by atoms with Crippen molar-refractivity contribution in [3.05, 3.63) is 0 Å². The smallest absolute Gasteiger partial charge is 0.303 e. The summed E-state index contributed by atoms with van der Waals surface area (Å²) < 4.78 is 0. The molecule has 1 heterocycles. The van der Waals surface area contributed by atoms with Crippen molar-refractivity contribution in [3.63, 3.8) is 0 Å². The van der Waals surface area contributed by atoms with Crippen LogP contribution in [0.5, 0.6) is 0 Å². The van der Waals surface area contributed by atoms with Gasteiger partial charge in [-0.25, -0.2) is 0 Å². The molecule has 0 aromatic carbocycles. The largest absolute Gasteiger partial charge is 0.481 e. The average molecular weight is 1460 g/mol. The van der Waals surface area contributed by atoms with Crippen LogP contribution in [-0.4, -0.2) is 216 Å². The van der Waals surface area contributed by atoms with Crippen molar-refractivity contribution < 1.29 is 70.2 Å². The first-order valence-corrected chi connectivity index (χ1v) is 45.3. The molecule has 7 unspecified atom stereocenters. The van der Waals surface area contributed by atoms with E-state index < -0.39 is 38.4 Å². The zero-order valence-corrected chi connectivity index (χ0v) is 62.1. The predicted octanol–water partition coefficient (Wildman–Crippen LogP) is 13.4. The van der Waals surface area contributed by atoms with Crippen molar-refractivity contribution in [2.24, 2.45) is 0 Å². The van der Waals surface area contributed by atoms with Crippen LogP contribution in [0, 0.1) is 0 Å². The molecule has 1 saturated heterocycles. The van der Waals surface area contributed by atoms with E-state index in [4.69, 9.17) is 20.4 Å². The van der Waals surface area contributed by atoms with Gasteiger partial charge in [0.25, 0.3) is 0 Å². The van der Waals surface area contributed by atoms with Gasteiger partial charge in [0, 0.05) is 57.8 Å². The van der Waals surface area contributed by atoms with E-state index in [0.717, 1.165) is 122 Å². The highest BCUT2D eigenvalue weighted by atomic mass is 79.9. The zero-order valence-electron chi connectivity index (χ0n) is 48.6. The van der Waals surface area contributed by atoms with Crippen molar-refractivity contribution in [2.45, 2.75) is 182 Å². The molecule has 7 atom stereocenters. The van der Waals surface area contributed by atoms with Crippen LogP contribution in [0.15, 0.2) is 0 Å². The van der Waals surface area contributed by atoms with Crippen LogP contribution >= 0.6 is 152 Å². The summed E-state index contributed by atoms with van der Waals surface area (Å²) in [7, 11) is 8.07. The second kappa shape index (κ2) is 69.0. The number of thioether (sulfide) groups is 4. The summed E-state index contributed by atoms with van der Waals surface area (Å²) in [6, 6.07) is 0. The normalized spacial score (nSPS) is 14.2. The summed E-state index contributed by atoms with van der Waals surface area (Å²) >= 11 is 19.6. The highest BCUT2D eigenvalue weighted by Gasteiger charge is 2.36. The minimum absolute atomic E-state index is 0.119. The topological polar surface area (TPSA) is 271 Å².